The molecule has 0 radical (unpaired) electrons. The van der Waals surface area contributed by atoms with Gasteiger partial charge in [-0.25, -0.2) is 4.98 Å². The van der Waals surface area contributed by atoms with Crippen LogP contribution in [0.2, 0.25) is 0 Å². The zero-order valence-corrected chi connectivity index (χ0v) is 10.7. The first-order chi connectivity index (χ1) is 8.34. The Morgan fingerprint density at radius 1 is 1.29 bits per heavy atom. The van der Waals surface area contributed by atoms with Gasteiger partial charge in [-0.05, 0) is 51.4 Å². The van der Waals surface area contributed by atoms with E-state index in [1.54, 1.807) is 0 Å². The molecule has 1 aliphatic heterocycles. The summed E-state index contributed by atoms with van der Waals surface area (Å²) in [7, 11) is 0. The van der Waals surface area contributed by atoms with Gasteiger partial charge in [-0.3, -0.25) is 0 Å². The first-order valence-electron chi connectivity index (χ1n) is 6.74. The van der Waals surface area contributed by atoms with Gasteiger partial charge in [-0.15, -0.1) is 0 Å². The third-order valence-corrected chi connectivity index (χ3v) is 3.39. The van der Waals surface area contributed by atoms with Gasteiger partial charge >= 0.3 is 0 Å². The molecule has 1 saturated heterocycles. The number of likely N-dealkylation sites (tertiary alicyclic amines) is 1. The lowest BCUT2D eigenvalue weighted by Crippen LogP contribution is -2.33. The normalized spacial score (nSPS) is 18.9. The molecule has 1 atom stereocenters. The Kier molecular flexibility index (Phi) is 4.80. The van der Waals surface area contributed by atoms with Gasteiger partial charge in [0.1, 0.15) is 5.82 Å². The molecule has 0 aromatic carbocycles. The van der Waals surface area contributed by atoms with Crippen molar-refractivity contribution in [3.8, 4) is 0 Å². The molecule has 0 saturated carbocycles. The Morgan fingerprint density at radius 3 is 2.82 bits per heavy atom. The fourth-order valence-electron chi connectivity index (χ4n) is 2.33. The van der Waals surface area contributed by atoms with Crippen molar-refractivity contribution in [2.75, 3.05) is 25.0 Å². The van der Waals surface area contributed by atoms with Crippen LogP contribution >= 0.6 is 0 Å². The molecule has 1 aromatic rings. The zero-order chi connectivity index (χ0) is 11.9. The molecular weight excluding hydrogens is 210 g/mol. The van der Waals surface area contributed by atoms with Crippen LogP contribution in [0.1, 0.15) is 32.6 Å². The number of nitrogens with zero attached hydrogens (tertiary/aromatic N) is 2. The lowest BCUT2D eigenvalue weighted by Gasteiger charge is -2.27. The average molecular weight is 233 g/mol. The highest BCUT2D eigenvalue weighted by atomic mass is 15.1. The van der Waals surface area contributed by atoms with Crippen molar-refractivity contribution in [1.82, 2.24) is 9.88 Å². The van der Waals surface area contributed by atoms with Gasteiger partial charge in [-0.2, -0.15) is 0 Å². The van der Waals surface area contributed by atoms with Crippen molar-refractivity contribution in [1.29, 1.82) is 0 Å². The van der Waals surface area contributed by atoms with E-state index >= 15 is 0 Å². The molecule has 0 aliphatic carbocycles. The summed E-state index contributed by atoms with van der Waals surface area (Å²) >= 11 is 0. The minimum atomic E-state index is 0.492. The molecule has 0 amide bonds. The van der Waals surface area contributed by atoms with E-state index in [-0.39, 0.29) is 0 Å². The monoisotopic (exact) mass is 233 g/mol. The van der Waals surface area contributed by atoms with Crippen molar-refractivity contribution >= 4 is 5.82 Å². The van der Waals surface area contributed by atoms with Crippen LogP contribution in [0.15, 0.2) is 24.4 Å². The maximum Gasteiger partial charge on any atom is 0.126 e. The Balaban J connectivity index is 1.68. The molecule has 2 rings (SSSR count). The highest BCUT2D eigenvalue weighted by Crippen LogP contribution is 2.11. The van der Waals surface area contributed by atoms with Crippen LogP contribution in [0.4, 0.5) is 5.82 Å². The summed E-state index contributed by atoms with van der Waals surface area (Å²) in [5.41, 5.74) is 0. The molecule has 0 spiro atoms. The summed E-state index contributed by atoms with van der Waals surface area (Å²) in [6, 6.07) is 6.49. The van der Waals surface area contributed by atoms with Crippen LogP contribution in [0.25, 0.3) is 0 Å². The van der Waals surface area contributed by atoms with Crippen molar-refractivity contribution in [2.24, 2.45) is 0 Å². The molecule has 17 heavy (non-hydrogen) atoms. The quantitative estimate of drug-likeness (QED) is 0.847. The Morgan fingerprint density at radius 2 is 2.12 bits per heavy atom. The van der Waals surface area contributed by atoms with Gasteiger partial charge in [0.05, 0.1) is 0 Å². The van der Waals surface area contributed by atoms with Crippen molar-refractivity contribution in [2.45, 2.75) is 38.6 Å². The molecule has 1 aromatic heterocycles. The maximum absolute atomic E-state index is 4.29. The molecule has 2 heterocycles. The highest BCUT2D eigenvalue weighted by Gasteiger charge is 2.11. The SMILES string of the molecule is CC(CCN1CCCCC1)Nc1ccccn1. The van der Waals surface area contributed by atoms with E-state index in [4.69, 9.17) is 0 Å². The summed E-state index contributed by atoms with van der Waals surface area (Å²) in [6.07, 6.45) is 7.19. The number of anilines is 1. The van der Waals surface area contributed by atoms with Crippen LogP contribution in [0.3, 0.4) is 0 Å². The topological polar surface area (TPSA) is 28.2 Å². The highest BCUT2D eigenvalue weighted by molar-refractivity contribution is 5.34. The second-order valence-electron chi connectivity index (χ2n) is 4.95. The molecule has 1 fully saturated rings. The summed E-state index contributed by atoms with van der Waals surface area (Å²) in [4.78, 5) is 6.87. The smallest absolute Gasteiger partial charge is 0.126 e. The second kappa shape index (κ2) is 6.60. The van der Waals surface area contributed by atoms with Crippen molar-refractivity contribution in [3.05, 3.63) is 24.4 Å². The Hall–Kier alpha value is -1.09. The standard InChI is InChI=1S/C14H23N3/c1-13(16-14-7-3-4-9-15-14)8-12-17-10-5-2-6-11-17/h3-4,7,9,13H,2,5-6,8,10-12H2,1H3,(H,15,16). The van der Waals surface area contributed by atoms with E-state index < -0.39 is 0 Å². The summed E-state index contributed by atoms with van der Waals surface area (Å²) in [5, 5.41) is 3.44. The summed E-state index contributed by atoms with van der Waals surface area (Å²) in [5.74, 6) is 0.985. The summed E-state index contributed by atoms with van der Waals surface area (Å²) < 4.78 is 0. The maximum atomic E-state index is 4.29. The molecule has 1 N–H and O–H groups in total. The lowest BCUT2D eigenvalue weighted by molar-refractivity contribution is 0.223. The van der Waals surface area contributed by atoms with E-state index in [0.717, 1.165) is 5.82 Å². The number of pyridine rings is 1. The van der Waals surface area contributed by atoms with Crippen molar-refractivity contribution < 1.29 is 0 Å². The third-order valence-electron chi connectivity index (χ3n) is 3.39. The predicted octanol–water partition coefficient (Wildman–Crippen LogP) is 2.76. The first kappa shape index (κ1) is 12.4. The minimum Gasteiger partial charge on any atom is -0.368 e. The fourth-order valence-corrected chi connectivity index (χ4v) is 2.33. The van der Waals surface area contributed by atoms with Gasteiger partial charge < -0.3 is 10.2 Å². The van der Waals surface area contributed by atoms with Crippen LogP contribution in [0, 0.1) is 0 Å². The second-order valence-corrected chi connectivity index (χ2v) is 4.95. The molecule has 94 valence electrons. The summed E-state index contributed by atoms with van der Waals surface area (Å²) in [6.45, 7) is 6.02. The van der Waals surface area contributed by atoms with Gasteiger partial charge in [-0.1, -0.05) is 12.5 Å². The number of hydrogen-bond donors (Lipinski definition) is 1. The molecule has 0 bridgehead atoms. The lowest BCUT2D eigenvalue weighted by atomic mass is 10.1. The van der Waals surface area contributed by atoms with Crippen LogP contribution in [-0.4, -0.2) is 35.6 Å². The van der Waals surface area contributed by atoms with Crippen LogP contribution < -0.4 is 5.32 Å². The fraction of sp³-hybridized carbons (Fsp3) is 0.643. The first-order valence-corrected chi connectivity index (χ1v) is 6.74. The molecule has 3 heteroatoms. The third kappa shape index (κ3) is 4.35. The van der Waals surface area contributed by atoms with Gasteiger partial charge in [0, 0.05) is 18.8 Å². The number of nitrogens with one attached hydrogen (secondary N) is 1. The molecule has 1 unspecified atom stereocenters. The molecular formula is C14H23N3. The Bertz CT molecular complexity index is 307. The Labute approximate surface area is 104 Å². The number of aromatic nitrogens is 1. The van der Waals surface area contributed by atoms with Crippen LogP contribution in [-0.2, 0) is 0 Å². The van der Waals surface area contributed by atoms with Crippen molar-refractivity contribution in [3.63, 3.8) is 0 Å². The predicted molar refractivity (Wildman–Crippen MR) is 72.2 cm³/mol. The minimum absolute atomic E-state index is 0.492. The van der Waals surface area contributed by atoms with E-state index in [9.17, 15) is 0 Å². The van der Waals surface area contributed by atoms with Gasteiger partial charge in [0.2, 0.25) is 0 Å². The van der Waals surface area contributed by atoms with E-state index in [2.05, 4.69) is 22.1 Å². The average Bonchev–Trinajstić information content (AvgIpc) is 2.39. The number of rotatable bonds is 5. The van der Waals surface area contributed by atoms with E-state index in [0.29, 0.717) is 6.04 Å². The zero-order valence-electron chi connectivity index (χ0n) is 10.7. The van der Waals surface area contributed by atoms with Crippen LogP contribution in [0.5, 0.6) is 0 Å². The van der Waals surface area contributed by atoms with Gasteiger partial charge in [0.15, 0.2) is 0 Å². The van der Waals surface area contributed by atoms with E-state index in [1.807, 2.05) is 24.4 Å². The molecule has 1 aliphatic rings. The largest absolute Gasteiger partial charge is 0.368 e. The van der Waals surface area contributed by atoms with Gasteiger partial charge in [0.25, 0.3) is 0 Å². The molecule has 3 nitrogen and oxygen atoms in total. The van der Waals surface area contributed by atoms with E-state index in [1.165, 1.54) is 45.3 Å². The number of hydrogen-bond acceptors (Lipinski definition) is 3. The number of piperidine rings is 1.